The SMILES string of the molecule is CC.CC.CC/C(=C\C1=C(C)c2ccccc2C12c1ccccc1-c1cc3ccccc3cc12)c1ccc(C)cc1. The molecule has 0 aliphatic heterocycles. The molecule has 0 fully saturated rings. The predicted molar refractivity (Wildman–Crippen MR) is 180 cm³/mol. The smallest absolute Gasteiger partial charge is 0.0683 e. The Kier molecular flexibility index (Phi) is 8.13. The Labute approximate surface area is 247 Å². The highest BCUT2D eigenvalue weighted by atomic mass is 14.5. The second kappa shape index (κ2) is 11.8. The first-order valence-electron chi connectivity index (χ1n) is 15.3. The minimum atomic E-state index is -0.318. The first-order chi connectivity index (χ1) is 20.1. The Morgan fingerprint density at radius 1 is 0.585 bits per heavy atom. The zero-order valence-corrected chi connectivity index (χ0v) is 25.7. The summed E-state index contributed by atoms with van der Waals surface area (Å²) < 4.78 is 0. The van der Waals surface area contributed by atoms with Gasteiger partial charge >= 0.3 is 0 Å². The summed E-state index contributed by atoms with van der Waals surface area (Å²) in [6, 6.07) is 40.8. The van der Waals surface area contributed by atoms with Crippen LogP contribution in [0.15, 0.2) is 121 Å². The highest BCUT2D eigenvalue weighted by molar-refractivity contribution is 6.00. The summed E-state index contributed by atoms with van der Waals surface area (Å²) in [5.41, 5.74) is 14.7. The molecule has 0 bridgehead atoms. The van der Waals surface area contributed by atoms with Gasteiger partial charge in [0.25, 0.3) is 0 Å². The Balaban J connectivity index is 0.000000810. The minimum absolute atomic E-state index is 0.318. The normalized spacial score (nSPS) is 16.4. The van der Waals surface area contributed by atoms with E-state index in [1.165, 1.54) is 72.0 Å². The van der Waals surface area contributed by atoms with Gasteiger partial charge in [0.2, 0.25) is 0 Å². The zero-order chi connectivity index (χ0) is 29.1. The molecule has 0 heterocycles. The molecule has 0 radical (unpaired) electrons. The Hall–Kier alpha value is -4.16. The van der Waals surface area contributed by atoms with Crippen LogP contribution in [0.25, 0.3) is 33.0 Å². The van der Waals surface area contributed by atoms with Gasteiger partial charge in [-0.3, -0.25) is 0 Å². The molecule has 1 unspecified atom stereocenters. The number of fused-ring (bicyclic) bond motifs is 8. The topological polar surface area (TPSA) is 0 Å². The summed E-state index contributed by atoms with van der Waals surface area (Å²) in [4.78, 5) is 0. The van der Waals surface area contributed by atoms with Crippen molar-refractivity contribution < 1.29 is 0 Å². The van der Waals surface area contributed by atoms with Crippen molar-refractivity contribution in [2.75, 3.05) is 0 Å². The summed E-state index contributed by atoms with van der Waals surface area (Å²) in [6.45, 7) is 14.8. The Bertz CT molecular complexity index is 1760. The van der Waals surface area contributed by atoms with E-state index in [1.807, 2.05) is 27.7 Å². The van der Waals surface area contributed by atoms with E-state index in [9.17, 15) is 0 Å². The second-order valence-electron chi connectivity index (χ2n) is 10.5. The van der Waals surface area contributed by atoms with Gasteiger partial charge in [-0.15, -0.1) is 0 Å². The van der Waals surface area contributed by atoms with E-state index in [-0.39, 0.29) is 5.41 Å². The quantitative estimate of drug-likeness (QED) is 0.216. The first-order valence-corrected chi connectivity index (χ1v) is 15.3. The molecule has 206 valence electrons. The molecule has 41 heavy (non-hydrogen) atoms. The molecule has 0 heteroatoms. The molecule has 5 aromatic rings. The third-order valence-electron chi connectivity index (χ3n) is 8.58. The van der Waals surface area contributed by atoms with Gasteiger partial charge in [0, 0.05) is 0 Å². The number of hydrogen-bond donors (Lipinski definition) is 0. The molecular weight excluding hydrogens is 492 g/mol. The number of allylic oxidation sites excluding steroid dienone is 4. The fraction of sp³-hybridized carbons (Fsp3) is 0.220. The number of aryl methyl sites for hydroxylation is 1. The van der Waals surface area contributed by atoms with Crippen molar-refractivity contribution >= 4 is 21.9 Å². The molecule has 0 amide bonds. The highest BCUT2D eigenvalue weighted by Gasteiger charge is 2.51. The molecule has 0 aromatic heterocycles. The van der Waals surface area contributed by atoms with Crippen LogP contribution in [0, 0.1) is 6.92 Å². The van der Waals surface area contributed by atoms with Crippen molar-refractivity contribution in [3.63, 3.8) is 0 Å². The molecule has 5 aromatic carbocycles. The lowest BCUT2D eigenvalue weighted by Gasteiger charge is -2.32. The molecule has 2 aliphatic rings. The molecule has 0 nitrogen and oxygen atoms in total. The summed E-state index contributed by atoms with van der Waals surface area (Å²) >= 11 is 0. The van der Waals surface area contributed by atoms with E-state index in [4.69, 9.17) is 0 Å². The number of rotatable bonds is 3. The van der Waals surface area contributed by atoms with Gasteiger partial charge in [-0.05, 0) is 98.8 Å². The van der Waals surface area contributed by atoms with Gasteiger partial charge in [0.15, 0.2) is 0 Å². The van der Waals surface area contributed by atoms with E-state index < -0.39 is 0 Å². The van der Waals surface area contributed by atoms with Crippen molar-refractivity contribution in [2.24, 2.45) is 0 Å². The van der Waals surface area contributed by atoms with Gasteiger partial charge in [0.05, 0.1) is 5.41 Å². The second-order valence-corrected chi connectivity index (χ2v) is 10.5. The largest absolute Gasteiger partial charge is 0.0722 e. The van der Waals surface area contributed by atoms with Gasteiger partial charge in [-0.1, -0.05) is 143 Å². The molecule has 1 atom stereocenters. The lowest BCUT2D eigenvalue weighted by atomic mass is 9.69. The van der Waals surface area contributed by atoms with Crippen molar-refractivity contribution in [2.45, 2.75) is 60.3 Å². The van der Waals surface area contributed by atoms with Crippen LogP contribution in [0.1, 0.15) is 81.3 Å². The lowest BCUT2D eigenvalue weighted by molar-refractivity contribution is 0.787. The number of benzene rings is 5. The fourth-order valence-corrected chi connectivity index (χ4v) is 6.80. The monoisotopic (exact) mass is 534 g/mol. The first kappa shape index (κ1) is 28.4. The van der Waals surface area contributed by atoms with Gasteiger partial charge in [-0.2, -0.15) is 0 Å². The standard InChI is InChI=1S/C37H30.2C2H6/c1-4-26(27-19-17-24(2)18-20-27)22-35-25(3)30-13-7-9-15-33(30)37(35)34-16-10-8-14-31(34)32-21-28-11-5-6-12-29(28)23-36(32)37;2*1-2/h5-23H,4H2,1-3H3;2*1-2H3/b26-22+;;. The van der Waals surface area contributed by atoms with Crippen molar-refractivity contribution in [3.8, 4) is 11.1 Å². The average Bonchev–Trinajstić information content (AvgIpc) is 3.46. The van der Waals surface area contributed by atoms with Crippen LogP contribution in [-0.4, -0.2) is 0 Å². The van der Waals surface area contributed by atoms with Crippen LogP contribution in [0.3, 0.4) is 0 Å². The zero-order valence-electron chi connectivity index (χ0n) is 25.7. The van der Waals surface area contributed by atoms with Crippen LogP contribution >= 0.6 is 0 Å². The van der Waals surface area contributed by atoms with E-state index in [2.05, 4.69) is 136 Å². The summed E-state index contributed by atoms with van der Waals surface area (Å²) in [6.07, 6.45) is 3.50. The predicted octanol–water partition coefficient (Wildman–Crippen LogP) is 11.8. The van der Waals surface area contributed by atoms with Crippen molar-refractivity contribution in [1.82, 2.24) is 0 Å². The molecule has 7 rings (SSSR count). The molecular formula is C41H42. The van der Waals surface area contributed by atoms with Crippen molar-refractivity contribution in [1.29, 1.82) is 0 Å². The third-order valence-corrected chi connectivity index (χ3v) is 8.58. The molecule has 1 spiro atoms. The van der Waals surface area contributed by atoms with E-state index in [0.717, 1.165) is 6.42 Å². The lowest BCUT2D eigenvalue weighted by Crippen LogP contribution is -2.27. The molecule has 0 N–H and O–H groups in total. The van der Waals surface area contributed by atoms with Gasteiger partial charge in [0.1, 0.15) is 0 Å². The van der Waals surface area contributed by atoms with E-state index in [0.29, 0.717) is 0 Å². The van der Waals surface area contributed by atoms with Crippen LogP contribution in [0.2, 0.25) is 0 Å². The van der Waals surface area contributed by atoms with Crippen LogP contribution in [0.5, 0.6) is 0 Å². The van der Waals surface area contributed by atoms with Crippen LogP contribution in [-0.2, 0) is 5.41 Å². The number of hydrogen-bond acceptors (Lipinski definition) is 0. The molecule has 0 saturated heterocycles. The average molecular weight is 535 g/mol. The van der Waals surface area contributed by atoms with Gasteiger partial charge < -0.3 is 0 Å². The van der Waals surface area contributed by atoms with Gasteiger partial charge in [-0.25, -0.2) is 0 Å². The summed E-state index contributed by atoms with van der Waals surface area (Å²) in [5, 5.41) is 2.60. The maximum absolute atomic E-state index is 2.51. The molecule has 2 aliphatic carbocycles. The Morgan fingerprint density at radius 3 is 1.76 bits per heavy atom. The van der Waals surface area contributed by atoms with Crippen molar-refractivity contribution in [3.05, 3.63) is 154 Å². The minimum Gasteiger partial charge on any atom is -0.0683 e. The Morgan fingerprint density at radius 2 is 1.12 bits per heavy atom. The van der Waals surface area contributed by atoms with Crippen LogP contribution in [0.4, 0.5) is 0 Å². The summed E-state index contributed by atoms with van der Waals surface area (Å²) in [5.74, 6) is 0. The van der Waals surface area contributed by atoms with E-state index in [1.54, 1.807) is 0 Å². The van der Waals surface area contributed by atoms with E-state index >= 15 is 0 Å². The maximum Gasteiger partial charge on any atom is 0.0722 e. The highest BCUT2D eigenvalue weighted by Crippen LogP contribution is 2.62. The molecule has 0 saturated carbocycles. The third kappa shape index (κ3) is 4.38. The maximum atomic E-state index is 2.51. The van der Waals surface area contributed by atoms with Crippen LogP contribution < -0.4 is 0 Å². The fourth-order valence-electron chi connectivity index (χ4n) is 6.80. The summed E-state index contributed by atoms with van der Waals surface area (Å²) in [7, 11) is 0.